The Morgan fingerprint density at radius 3 is 2.88 bits per heavy atom. The minimum absolute atomic E-state index is 0.208. The first-order valence-corrected chi connectivity index (χ1v) is 11.0. The van der Waals surface area contributed by atoms with Crippen LogP contribution in [0.4, 0.5) is 10.5 Å². The van der Waals surface area contributed by atoms with Crippen LogP contribution in [-0.4, -0.2) is 44.1 Å². The number of nitrogens with zero attached hydrogens (tertiary/aromatic N) is 1. The van der Waals surface area contributed by atoms with Crippen LogP contribution >= 0.6 is 11.3 Å². The van der Waals surface area contributed by atoms with E-state index < -0.39 is 12.0 Å². The topological polar surface area (TPSA) is 98.3 Å². The lowest BCUT2D eigenvalue weighted by Crippen LogP contribution is -2.33. The number of hydrogen-bond acceptors (Lipinski definition) is 7. The molecule has 0 bridgehead atoms. The highest BCUT2D eigenvalue weighted by atomic mass is 32.1. The summed E-state index contributed by atoms with van der Waals surface area (Å²) in [6.07, 6.45) is 5.56. The number of carbonyl (C=O) groups is 2. The molecule has 1 atom stereocenters. The fourth-order valence-corrected chi connectivity index (χ4v) is 3.86. The Kier molecular flexibility index (Phi) is 8.43. The molecule has 1 aromatic carbocycles. The van der Waals surface area contributed by atoms with Crippen LogP contribution in [0.3, 0.4) is 0 Å². The van der Waals surface area contributed by atoms with Crippen LogP contribution in [0.15, 0.2) is 72.3 Å². The third-order valence-corrected chi connectivity index (χ3v) is 5.57. The average Bonchev–Trinajstić information content (AvgIpc) is 3.49. The lowest BCUT2D eigenvalue weighted by atomic mass is 10.0. The van der Waals surface area contributed by atoms with E-state index in [1.807, 2.05) is 30.3 Å². The van der Waals surface area contributed by atoms with Crippen LogP contribution in [0.2, 0.25) is 0 Å². The normalized spacial score (nSPS) is 15.1. The molecular weight excluding hydrogens is 442 g/mol. The Labute approximate surface area is 196 Å². The molecular formula is C24H25N3O5S. The molecule has 0 spiro atoms. The third-order valence-electron chi connectivity index (χ3n) is 4.67. The van der Waals surface area contributed by atoms with Crippen molar-refractivity contribution in [1.82, 2.24) is 5.32 Å². The summed E-state index contributed by atoms with van der Waals surface area (Å²) < 4.78 is 10.7. The zero-order valence-electron chi connectivity index (χ0n) is 18.2. The summed E-state index contributed by atoms with van der Waals surface area (Å²) in [5, 5.41) is 11.1. The summed E-state index contributed by atoms with van der Waals surface area (Å²) in [6.45, 7) is 8.08. The van der Waals surface area contributed by atoms with Crippen molar-refractivity contribution in [3.05, 3.63) is 77.5 Å². The first-order chi connectivity index (χ1) is 16.0. The number of carbonyl (C=O) groups excluding carboxylic acids is 2. The molecule has 9 heteroatoms. The van der Waals surface area contributed by atoms with Gasteiger partial charge in [0.25, 0.3) is 0 Å². The SMILES string of the molecule is C=CC=C(C=C)c1ccccc1OCC1CC(CNC(=O)Nc2ccsc2C(=O)OC)=NO1. The highest BCUT2D eigenvalue weighted by Crippen LogP contribution is 2.27. The van der Waals surface area contributed by atoms with Crippen molar-refractivity contribution in [1.29, 1.82) is 0 Å². The van der Waals surface area contributed by atoms with Crippen molar-refractivity contribution >= 4 is 40.3 Å². The number of methoxy groups -OCH3 is 1. The Balaban J connectivity index is 1.47. The van der Waals surface area contributed by atoms with E-state index in [1.54, 1.807) is 23.6 Å². The summed E-state index contributed by atoms with van der Waals surface area (Å²) in [6, 6.07) is 8.83. The first kappa shape index (κ1) is 23.8. The molecule has 33 heavy (non-hydrogen) atoms. The van der Waals surface area contributed by atoms with Gasteiger partial charge in [-0.2, -0.15) is 0 Å². The number of ether oxygens (including phenoxy) is 2. The van der Waals surface area contributed by atoms with Crippen LogP contribution in [0.5, 0.6) is 5.75 Å². The Morgan fingerprint density at radius 1 is 1.30 bits per heavy atom. The van der Waals surface area contributed by atoms with Crippen molar-refractivity contribution in [3.8, 4) is 5.75 Å². The zero-order valence-corrected chi connectivity index (χ0v) is 19.0. The predicted molar refractivity (Wildman–Crippen MR) is 130 cm³/mol. The van der Waals surface area contributed by atoms with Gasteiger partial charge in [0.1, 0.15) is 17.2 Å². The molecule has 1 aliphatic heterocycles. The molecule has 1 unspecified atom stereocenters. The molecule has 1 aromatic heterocycles. The molecule has 0 saturated heterocycles. The Morgan fingerprint density at radius 2 is 2.12 bits per heavy atom. The minimum Gasteiger partial charge on any atom is -0.489 e. The van der Waals surface area contributed by atoms with Gasteiger partial charge in [-0.3, -0.25) is 0 Å². The van der Waals surface area contributed by atoms with Gasteiger partial charge in [0.15, 0.2) is 6.10 Å². The number of hydrogen-bond donors (Lipinski definition) is 2. The van der Waals surface area contributed by atoms with Gasteiger partial charge in [0.05, 0.1) is 25.1 Å². The summed E-state index contributed by atoms with van der Waals surface area (Å²) in [4.78, 5) is 29.7. The maximum atomic E-state index is 12.2. The molecule has 2 aromatic rings. The van der Waals surface area contributed by atoms with E-state index in [-0.39, 0.29) is 12.6 Å². The molecule has 3 rings (SSSR count). The second kappa shape index (κ2) is 11.7. The molecule has 2 heterocycles. The number of thiophene rings is 1. The minimum atomic E-state index is -0.501. The summed E-state index contributed by atoms with van der Waals surface area (Å²) in [7, 11) is 1.29. The lowest BCUT2D eigenvalue weighted by molar-refractivity contribution is 0.0470. The molecule has 172 valence electrons. The van der Waals surface area contributed by atoms with Crippen LogP contribution in [-0.2, 0) is 9.57 Å². The largest absolute Gasteiger partial charge is 0.489 e. The Hall–Kier alpha value is -3.85. The number of anilines is 1. The number of rotatable bonds is 10. The van der Waals surface area contributed by atoms with E-state index in [2.05, 4.69) is 28.9 Å². The van der Waals surface area contributed by atoms with Gasteiger partial charge in [0, 0.05) is 12.0 Å². The van der Waals surface area contributed by atoms with Gasteiger partial charge in [-0.15, -0.1) is 11.3 Å². The molecule has 1 aliphatic rings. The van der Waals surface area contributed by atoms with Crippen LogP contribution < -0.4 is 15.4 Å². The highest BCUT2D eigenvalue weighted by molar-refractivity contribution is 7.12. The molecule has 2 N–H and O–H groups in total. The summed E-state index contributed by atoms with van der Waals surface area (Å²) in [5.41, 5.74) is 2.89. The fourth-order valence-electron chi connectivity index (χ4n) is 3.10. The molecule has 0 radical (unpaired) electrons. The number of amides is 2. The predicted octanol–water partition coefficient (Wildman–Crippen LogP) is 4.64. The van der Waals surface area contributed by atoms with Crippen molar-refractivity contribution in [2.75, 3.05) is 25.6 Å². The highest BCUT2D eigenvalue weighted by Gasteiger charge is 2.23. The summed E-state index contributed by atoms with van der Waals surface area (Å²) >= 11 is 1.19. The molecule has 8 nitrogen and oxygen atoms in total. The van der Waals surface area contributed by atoms with E-state index in [1.165, 1.54) is 18.4 Å². The number of benzene rings is 1. The number of para-hydroxylation sites is 1. The van der Waals surface area contributed by atoms with Crippen molar-refractivity contribution < 1.29 is 23.9 Å². The number of oxime groups is 1. The van der Waals surface area contributed by atoms with E-state index in [9.17, 15) is 9.59 Å². The molecule has 0 saturated carbocycles. The van der Waals surface area contributed by atoms with Crippen LogP contribution in [0, 0.1) is 0 Å². The summed E-state index contributed by atoms with van der Waals surface area (Å²) in [5.74, 6) is 0.204. The van der Waals surface area contributed by atoms with E-state index >= 15 is 0 Å². The maximum absolute atomic E-state index is 12.2. The number of nitrogens with one attached hydrogen (secondary N) is 2. The Bertz CT molecular complexity index is 1090. The average molecular weight is 468 g/mol. The van der Waals surface area contributed by atoms with Crippen molar-refractivity contribution in [2.45, 2.75) is 12.5 Å². The standard InChI is InChI=1S/C24H25N3O5S/c1-4-8-16(5-2)19-9-6-7-10-21(19)31-15-18-13-17(27-32-18)14-25-24(29)26-20-11-12-33-22(20)23(28)30-3/h4-12,18H,1-2,13-15H2,3H3,(H2,25,26,29). The van der Waals surface area contributed by atoms with Gasteiger partial charge in [-0.1, -0.05) is 54.7 Å². The van der Waals surface area contributed by atoms with Crippen LogP contribution in [0.25, 0.3) is 5.57 Å². The van der Waals surface area contributed by atoms with Gasteiger partial charge in [0.2, 0.25) is 0 Å². The molecule has 0 aliphatic carbocycles. The van der Waals surface area contributed by atoms with E-state index in [0.29, 0.717) is 35.1 Å². The maximum Gasteiger partial charge on any atom is 0.350 e. The van der Waals surface area contributed by atoms with Gasteiger partial charge < -0.3 is 24.9 Å². The number of urea groups is 1. The van der Waals surface area contributed by atoms with E-state index in [4.69, 9.17) is 14.3 Å². The quantitative estimate of drug-likeness (QED) is 0.392. The smallest absolute Gasteiger partial charge is 0.350 e. The molecule has 0 fully saturated rings. The van der Waals surface area contributed by atoms with Crippen molar-refractivity contribution in [2.24, 2.45) is 5.16 Å². The first-order valence-electron chi connectivity index (χ1n) is 10.1. The lowest BCUT2D eigenvalue weighted by Gasteiger charge is -2.14. The van der Waals surface area contributed by atoms with Crippen LogP contribution in [0.1, 0.15) is 21.7 Å². The van der Waals surface area contributed by atoms with E-state index in [0.717, 1.165) is 11.1 Å². The third kappa shape index (κ3) is 6.33. The fraction of sp³-hybridized carbons (Fsp3) is 0.208. The monoisotopic (exact) mass is 467 g/mol. The second-order valence-electron chi connectivity index (χ2n) is 6.92. The van der Waals surface area contributed by atoms with Gasteiger partial charge in [-0.05, 0) is 23.1 Å². The van der Waals surface area contributed by atoms with Crippen molar-refractivity contribution in [3.63, 3.8) is 0 Å². The molecule has 2 amide bonds. The second-order valence-corrected chi connectivity index (χ2v) is 7.84. The van der Waals surface area contributed by atoms with Gasteiger partial charge >= 0.3 is 12.0 Å². The number of allylic oxidation sites excluding steroid dienone is 4. The van der Waals surface area contributed by atoms with Gasteiger partial charge in [-0.25, -0.2) is 9.59 Å². The number of esters is 1. The zero-order chi connectivity index (χ0) is 23.6.